The molecule has 0 aliphatic rings. The highest BCUT2D eigenvalue weighted by Gasteiger charge is 1.96. The van der Waals surface area contributed by atoms with E-state index in [1.807, 2.05) is 6.92 Å². The van der Waals surface area contributed by atoms with Crippen molar-refractivity contribution in [1.82, 2.24) is 5.32 Å². The lowest BCUT2D eigenvalue weighted by molar-refractivity contribution is -0.121. The largest absolute Gasteiger partial charge is 0.329 e. The molecule has 0 saturated carbocycles. The van der Waals surface area contributed by atoms with Crippen LogP contribution in [-0.4, -0.2) is 12.7 Å². The van der Waals surface area contributed by atoms with Crippen LogP contribution in [0.1, 0.15) is 26.2 Å². The Labute approximate surface area is 54.4 Å². The molecular formula is C6H12FNO. The van der Waals surface area contributed by atoms with Crippen molar-refractivity contribution in [2.75, 3.05) is 6.80 Å². The fourth-order valence-corrected chi connectivity index (χ4v) is 0.500. The van der Waals surface area contributed by atoms with Gasteiger partial charge in [-0.05, 0) is 6.42 Å². The van der Waals surface area contributed by atoms with Crippen molar-refractivity contribution < 1.29 is 9.18 Å². The number of alkyl halides is 1. The van der Waals surface area contributed by atoms with E-state index in [0.717, 1.165) is 12.8 Å². The van der Waals surface area contributed by atoms with E-state index in [9.17, 15) is 9.18 Å². The predicted octanol–water partition coefficient (Wildman–Crippen LogP) is 1.22. The maximum Gasteiger partial charge on any atom is 0.221 e. The predicted molar refractivity (Wildman–Crippen MR) is 33.6 cm³/mol. The molecule has 54 valence electrons. The van der Waals surface area contributed by atoms with Gasteiger partial charge in [-0.15, -0.1) is 0 Å². The van der Waals surface area contributed by atoms with Crippen molar-refractivity contribution in [3.8, 4) is 0 Å². The zero-order valence-corrected chi connectivity index (χ0v) is 5.61. The number of hydrogen-bond donors (Lipinski definition) is 1. The Morgan fingerprint density at radius 1 is 1.67 bits per heavy atom. The van der Waals surface area contributed by atoms with Gasteiger partial charge in [0.05, 0.1) is 0 Å². The smallest absolute Gasteiger partial charge is 0.221 e. The van der Waals surface area contributed by atoms with Gasteiger partial charge in [-0.3, -0.25) is 4.79 Å². The fourth-order valence-electron chi connectivity index (χ4n) is 0.500. The molecule has 1 amide bonds. The molecule has 3 heteroatoms. The van der Waals surface area contributed by atoms with Gasteiger partial charge >= 0.3 is 0 Å². The summed E-state index contributed by atoms with van der Waals surface area (Å²) >= 11 is 0. The first-order valence-corrected chi connectivity index (χ1v) is 3.14. The van der Waals surface area contributed by atoms with Gasteiger partial charge < -0.3 is 5.32 Å². The van der Waals surface area contributed by atoms with Crippen molar-refractivity contribution in [1.29, 1.82) is 0 Å². The van der Waals surface area contributed by atoms with Crippen LogP contribution in [0.3, 0.4) is 0 Å². The molecule has 0 saturated heterocycles. The topological polar surface area (TPSA) is 29.1 Å². The molecular weight excluding hydrogens is 121 g/mol. The molecule has 0 heterocycles. The van der Waals surface area contributed by atoms with Crippen LogP contribution in [0.25, 0.3) is 0 Å². The van der Waals surface area contributed by atoms with Gasteiger partial charge in [-0.1, -0.05) is 13.3 Å². The zero-order valence-electron chi connectivity index (χ0n) is 5.61. The van der Waals surface area contributed by atoms with Crippen molar-refractivity contribution >= 4 is 5.91 Å². The highest BCUT2D eigenvalue weighted by Crippen LogP contribution is 1.92. The number of rotatable bonds is 4. The number of nitrogens with one attached hydrogen (secondary N) is 1. The van der Waals surface area contributed by atoms with Crippen LogP contribution in [0.2, 0.25) is 0 Å². The lowest BCUT2D eigenvalue weighted by Gasteiger charge is -1.96. The minimum atomic E-state index is -0.747. The lowest BCUT2D eigenvalue weighted by Crippen LogP contribution is -2.21. The summed E-state index contributed by atoms with van der Waals surface area (Å²) < 4.78 is 11.3. The molecule has 9 heavy (non-hydrogen) atoms. The average molecular weight is 133 g/mol. The number of hydrogen-bond acceptors (Lipinski definition) is 1. The Morgan fingerprint density at radius 3 is 2.78 bits per heavy atom. The fraction of sp³-hybridized carbons (Fsp3) is 0.833. The minimum absolute atomic E-state index is 0.195. The van der Waals surface area contributed by atoms with Gasteiger partial charge in [0.15, 0.2) is 6.80 Å². The molecule has 0 fully saturated rings. The Morgan fingerprint density at radius 2 is 2.33 bits per heavy atom. The zero-order chi connectivity index (χ0) is 7.11. The highest BCUT2D eigenvalue weighted by atomic mass is 19.1. The molecule has 0 bridgehead atoms. The maximum absolute atomic E-state index is 11.3. The summed E-state index contributed by atoms with van der Waals surface area (Å²) in [5.41, 5.74) is 0. The number of carbonyl (C=O) groups excluding carboxylic acids is 1. The van der Waals surface area contributed by atoms with Gasteiger partial charge in [0.2, 0.25) is 5.91 Å². The van der Waals surface area contributed by atoms with Crippen LogP contribution in [0.15, 0.2) is 0 Å². The van der Waals surface area contributed by atoms with E-state index < -0.39 is 6.80 Å². The van der Waals surface area contributed by atoms with Gasteiger partial charge in [0.25, 0.3) is 0 Å². The van der Waals surface area contributed by atoms with Crippen molar-refractivity contribution in [3.63, 3.8) is 0 Å². The Bertz CT molecular complexity index is 85.1. The normalized spacial score (nSPS) is 9.11. The third-order valence-electron chi connectivity index (χ3n) is 1.02. The quantitative estimate of drug-likeness (QED) is 0.574. The first-order chi connectivity index (χ1) is 4.31. The Hall–Kier alpha value is -0.600. The third kappa shape index (κ3) is 5.27. The lowest BCUT2D eigenvalue weighted by atomic mass is 10.2. The molecule has 0 aromatic rings. The molecule has 0 aliphatic heterocycles. The highest BCUT2D eigenvalue weighted by molar-refractivity contribution is 5.75. The first kappa shape index (κ1) is 8.40. The van der Waals surface area contributed by atoms with E-state index in [1.165, 1.54) is 0 Å². The summed E-state index contributed by atoms with van der Waals surface area (Å²) in [5, 5.41) is 2.07. The van der Waals surface area contributed by atoms with E-state index >= 15 is 0 Å². The molecule has 0 rings (SSSR count). The van der Waals surface area contributed by atoms with Crippen LogP contribution in [0.5, 0.6) is 0 Å². The van der Waals surface area contributed by atoms with Gasteiger partial charge in [-0.2, -0.15) is 0 Å². The van der Waals surface area contributed by atoms with E-state index in [2.05, 4.69) is 5.32 Å². The molecule has 0 aromatic carbocycles. The molecule has 0 radical (unpaired) electrons. The van der Waals surface area contributed by atoms with Crippen LogP contribution in [-0.2, 0) is 4.79 Å². The van der Waals surface area contributed by atoms with Gasteiger partial charge in [0, 0.05) is 6.42 Å². The molecule has 0 aliphatic carbocycles. The van der Waals surface area contributed by atoms with E-state index in [0.29, 0.717) is 6.42 Å². The van der Waals surface area contributed by atoms with Gasteiger partial charge in [0.1, 0.15) is 0 Å². The molecule has 0 spiro atoms. The van der Waals surface area contributed by atoms with Crippen LogP contribution in [0, 0.1) is 0 Å². The van der Waals surface area contributed by atoms with Gasteiger partial charge in [-0.25, -0.2) is 4.39 Å². The van der Waals surface area contributed by atoms with Crippen molar-refractivity contribution in [3.05, 3.63) is 0 Å². The van der Waals surface area contributed by atoms with E-state index in [4.69, 9.17) is 0 Å². The summed E-state index contributed by atoms with van der Waals surface area (Å²) in [4.78, 5) is 10.5. The number of unbranched alkanes of at least 4 members (excludes halogenated alkanes) is 1. The summed E-state index contributed by atoms with van der Waals surface area (Å²) in [6, 6.07) is 0. The second-order valence-corrected chi connectivity index (χ2v) is 1.84. The second kappa shape index (κ2) is 5.54. The van der Waals surface area contributed by atoms with E-state index in [-0.39, 0.29) is 5.91 Å². The molecule has 1 N–H and O–H groups in total. The second-order valence-electron chi connectivity index (χ2n) is 1.84. The van der Waals surface area contributed by atoms with Crippen LogP contribution < -0.4 is 5.32 Å². The Kier molecular flexibility index (Phi) is 5.17. The molecule has 2 nitrogen and oxygen atoms in total. The molecule has 0 aromatic heterocycles. The molecule has 0 atom stereocenters. The SMILES string of the molecule is CCCCC(=O)NCF. The summed E-state index contributed by atoms with van der Waals surface area (Å²) in [7, 11) is 0. The van der Waals surface area contributed by atoms with Crippen LogP contribution in [0.4, 0.5) is 4.39 Å². The first-order valence-electron chi connectivity index (χ1n) is 3.14. The third-order valence-corrected chi connectivity index (χ3v) is 1.02. The number of halogens is 1. The van der Waals surface area contributed by atoms with Crippen LogP contribution >= 0.6 is 0 Å². The Balaban J connectivity index is 3.06. The summed E-state index contributed by atoms with van der Waals surface area (Å²) in [6.07, 6.45) is 2.26. The average Bonchev–Trinajstić information content (AvgIpc) is 1.85. The van der Waals surface area contributed by atoms with E-state index in [1.54, 1.807) is 0 Å². The maximum atomic E-state index is 11.3. The standard InChI is InChI=1S/C6H12FNO/c1-2-3-4-6(9)8-5-7/h2-5H2,1H3,(H,8,9). The minimum Gasteiger partial charge on any atom is -0.329 e. The number of carbonyl (C=O) groups is 1. The summed E-state index contributed by atoms with van der Waals surface area (Å²) in [6.45, 7) is 1.24. The van der Waals surface area contributed by atoms with Crippen molar-refractivity contribution in [2.45, 2.75) is 26.2 Å². The van der Waals surface area contributed by atoms with Crippen molar-refractivity contribution in [2.24, 2.45) is 0 Å². The monoisotopic (exact) mass is 133 g/mol. The summed E-state index contributed by atoms with van der Waals surface area (Å²) in [5.74, 6) is -0.195. The molecule has 0 unspecified atom stereocenters. The number of amides is 1.